The Balaban J connectivity index is 1.48. The van der Waals surface area contributed by atoms with E-state index >= 15 is 0 Å². The van der Waals surface area contributed by atoms with Crippen LogP contribution in [-0.4, -0.2) is 74.3 Å². The molecule has 0 aromatic carbocycles. The van der Waals surface area contributed by atoms with Crippen LogP contribution in [0.4, 0.5) is 0 Å². The van der Waals surface area contributed by atoms with Crippen molar-refractivity contribution in [1.82, 2.24) is 15.5 Å². The lowest BCUT2D eigenvalue weighted by Gasteiger charge is -2.26. The number of thioether (sulfide) groups is 1. The highest BCUT2D eigenvalue weighted by Crippen LogP contribution is 2.09. The first kappa shape index (κ1) is 15.1. The lowest BCUT2D eigenvalue weighted by atomic mass is 10.2. The van der Waals surface area contributed by atoms with Gasteiger partial charge in [0.2, 0.25) is 5.91 Å². The molecule has 19 heavy (non-hydrogen) atoms. The highest BCUT2D eigenvalue weighted by atomic mass is 32.2. The summed E-state index contributed by atoms with van der Waals surface area (Å²) in [6.45, 7) is 6.61. The Morgan fingerprint density at radius 3 is 3.00 bits per heavy atom. The van der Waals surface area contributed by atoms with Gasteiger partial charge in [0.05, 0.1) is 13.2 Å². The van der Waals surface area contributed by atoms with E-state index in [0.29, 0.717) is 12.5 Å². The summed E-state index contributed by atoms with van der Waals surface area (Å²) < 4.78 is 5.31. The van der Waals surface area contributed by atoms with Crippen molar-refractivity contribution in [1.29, 1.82) is 0 Å². The third kappa shape index (κ3) is 6.12. The molecule has 0 aromatic heterocycles. The zero-order valence-corrected chi connectivity index (χ0v) is 12.3. The molecule has 2 heterocycles. The first-order valence-corrected chi connectivity index (χ1v) is 8.38. The Morgan fingerprint density at radius 2 is 2.26 bits per heavy atom. The summed E-state index contributed by atoms with van der Waals surface area (Å²) in [6, 6.07) is 0.359. The van der Waals surface area contributed by atoms with Crippen molar-refractivity contribution in [3.63, 3.8) is 0 Å². The Labute approximate surface area is 119 Å². The van der Waals surface area contributed by atoms with Crippen molar-refractivity contribution in [2.45, 2.75) is 18.9 Å². The molecule has 2 N–H and O–H groups in total. The fourth-order valence-corrected chi connectivity index (χ4v) is 3.35. The molecular formula is C13H25N3O2S. The van der Waals surface area contributed by atoms with E-state index in [4.69, 9.17) is 4.74 Å². The third-order valence-corrected chi connectivity index (χ3v) is 4.64. The van der Waals surface area contributed by atoms with Gasteiger partial charge >= 0.3 is 0 Å². The van der Waals surface area contributed by atoms with Gasteiger partial charge in [-0.05, 0) is 13.0 Å². The maximum atomic E-state index is 11.8. The van der Waals surface area contributed by atoms with Crippen molar-refractivity contribution < 1.29 is 9.53 Å². The molecule has 2 saturated heterocycles. The molecule has 2 aliphatic rings. The lowest BCUT2D eigenvalue weighted by molar-refractivity contribution is -0.121. The predicted octanol–water partition coefficient (Wildman–Crippen LogP) is -0.0800. The molecule has 2 fully saturated rings. The van der Waals surface area contributed by atoms with Gasteiger partial charge in [-0.2, -0.15) is 11.8 Å². The van der Waals surface area contributed by atoms with Gasteiger partial charge in [-0.1, -0.05) is 0 Å². The van der Waals surface area contributed by atoms with Gasteiger partial charge in [0.25, 0.3) is 0 Å². The van der Waals surface area contributed by atoms with E-state index in [1.54, 1.807) is 0 Å². The smallest absolute Gasteiger partial charge is 0.221 e. The van der Waals surface area contributed by atoms with Gasteiger partial charge in [-0.15, -0.1) is 0 Å². The monoisotopic (exact) mass is 287 g/mol. The van der Waals surface area contributed by atoms with Gasteiger partial charge in [0.1, 0.15) is 0 Å². The zero-order chi connectivity index (χ0) is 13.3. The van der Waals surface area contributed by atoms with E-state index in [1.165, 1.54) is 0 Å². The lowest BCUT2D eigenvalue weighted by Crippen LogP contribution is -2.42. The highest BCUT2D eigenvalue weighted by molar-refractivity contribution is 7.99. The molecular weight excluding hydrogens is 262 g/mol. The van der Waals surface area contributed by atoms with Gasteiger partial charge in [-0.25, -0.2) is 0 Å². The number of morpholine rings is 1. The van der Waals surface area contributed by atoms with E-state index in [-0.39, 0.29) is 5.91 Å². The number of hydrogen-bond acceptors (Lipinski definition) is 5. The molecule has 0 radical (unpaired) electrons. The Bertz CT molecular complexity index is 267. The second-order valence-electron chi connectivity index (χ2n) is 5.09. The van der Waals surface area contributed by atoms with Crippen molar-refractivity contribution in [3.8, 4) is 0 Å². The molecule has 0 aliphatic carbocycles. The largest absolute Gasteiger partial charge is 0.379 e. The average Bonchev–Trinajstić information content (AvgIpc) is 2.46. The summed E-state index contributed by atoms with van der Waals surface area (Å²) in [6.07, 6.45) is 1.64. The van der Waals surface area contributed by atoms with E-state index in [1.807, 2.05) is 11.8 Å². The van der Waals surface area contributed by atoms with Crippen molar-refractivity contribution >= 4 is 17.7 Å². The van der Waals surface area contributed by atoms with E-state index in [9.17, 15) is 4.79 Å². The Morgan fingerprint density at radius 1 is 1.42 bits per heavy atom. The van der Waals surface area contributed by atoms with Gasteiger partial charge in [0.15, 0.2) is 0 Å². The van der Waals surface area contributed by atoms with Crippen LogP contribution in [0.1, 0.15) is 12.8 Å². The maximum Gasteiger partial charge on any atom is 0.221 e. The van der Waals surface area contributed by atoms with E-state index in [0.717, 1.165) is 63.9 Å². The number of ether oxygens (including phenoxy) is 1. The zero-order valence-electron chi connectivity index (χ0n) is 11.5. The number of carbonyl (C=O) groups excluding carboxylic acids is 1. The molecule has 0 spiro atoms. The van der Waals surface area contributed by atoms with Crippen LogP contribution in [0.3, 0.4) is 0 Å². The summed E-state index contributed by atoms with van der Waals surface area (Å²) in [5.41, 5.74) is 0. The summed E-state index contributed by atoms with van der Waals surface area (Å²) in [7, 11) is 0. The summed E-state index contributed by atoms with van der Waals surface area (Å²) in [5.74, 6) is 2.40. The van der Waals surface area contributed by atoms with Crippen LogP contribution in [0.5, 0.6) is 0 Å². The summed E-state index contributed by atoms with van der Waals surface area (Å²) in [5, 5.41) is 6.41. The quantitative estimate of drug-likeness (QED) is 0.669. The normalized spacial score (nSPS) is 25.2. The topological polar surface area (TPSA) is 53.6 Å². The standard InChI is InChI=1S/C13H25N3O2S/c17-13(10-12-11-19-9-3-14-12)15-2-1-4-16-5-7-18-8-6-16/h12,14H,1-11H2,(H,15,17). The summed E-state index contributed by atoms with van der Waals surface area (Å²) >= 11 is 1.93. The minimum Gasteiger partial charge on any atom is -0.379 e. The predicted molar refractivity (Wildman–Crippen MR) is 78.6 cm³/mol. The first-order chi connectivity index (χ1) is 9.34. The molecule has 0 aromatic rings. The number of hydrogen-bond donors (Lipinski definition) is 2. The Kier molecular flexibility index (Phi) is 6.98. The molecule has 5 nitrogen and oxygen atoms in total. The van der Waals surface area contributed by atoms with Crippen molar-refractivity contribution in [2.24, 2.45) is 0 Å². The number of amides is 1. The van der Waals surface area contributed by atoms with E-state index in [2.05, 4.69) is 15.5 Å². The van der Waals surface area contributed by atoms with Crippen LogP contribution in [0.15, 0.2) is 0 Å². The maximum absolute atomic E-state index is 11.8. The van der Waals surface area contributed by atoms with Crippen LogP contribution in [0.2, 0.25) is 0 Å². The minimum absolute atomic E-state index is 0.182. The number of carbonyl (C=O) groups is 1. The second-order valence-corrected chi connectivity index (χ2v) is 6.24. The molecule has 0 bridgehead atoms. The molecule has 2 aliphatic heterocycles. The minimum atomic E-state index is 0.182. The molecule has 6 heteroatoms. The van der Waals surface area contributed by atoms with Crippen LogP contribution >= 0.6 is 11.8 Å². The van der Waals surface area contributed by atoms with Gasteiger partial charge in [-0.3, -0.25) is 9.69 Å². The van der Waals surface area contributed by atoms with Gasteiger partial charge in [0, 0.05) is 50.1 Å². The molecule has 0 saturated carbocycles. The Hall–Kier alpha value is -0.300. The molecule has 110 valence electrons. The highest BCUT2D eigenvalue weighted by Gasteiger charge is 2.16. The fourth-order valence-electron chi connectivity index (χ4n) is 2.40. The van der Waals surface area contributed by atoms with Crippen LogP contribution in [0, 0.1) is 0 Å². The number of nitrogens with zero attached hydrogens (tertiary/aromatic N) is 1. The second kappa shape index (κ2) is 8.79. The van der Waals surface area contributed by atoms with Crippen LogP contribution in [0.25, 0.3) is 0 Å². The molecule has 1 amide bonds. The van der Waals surface area contributed by atoms with E-state index < -0.39 is 0 Å². The van der Waals surface area contributed by atoms with Crippen molar-refractivity contribution in [3.05, 3.63) is 0 Å². The fraction of sp³-hybridized carbons (Fsp3) is 0.923. The number of nitrogens with one attached hydrogen (secondary N) is 2. The van der Waals surface area contributed by atoms with Crippen molar-refractivity contribution in [2.75, 3.05) is 57.4 Å². The molecule has 1 unspecified atom stereocenters. The molecule has 2 rings (SSSR count). The van der Waals surface area contributed by atoms with Crippen LogP contribution in [-0.2, 0) is 9.53 Å². The summed E-state index contributed by atoms with van der Waals surface area (Å²) in [4.78, 5) is 14.2. The molecule has 1 atom stereocenters. The first-order valence-electron chi connectivity index (χ1n) is 7.22. The number of rotatable bonds is 6. The third-order valence-electron chi connectivity index (χ3n) is 3.51. The van der Waals surface area contributed by atoms with Crippen LogP contribution < -0.4 is 10.6 Å². The van der Waals surface area contributed by atoms with Gasteiger partial charge < -0.3 is 15.4 Å². The average molecular weight is 287 g/mol. The SMILES string of the molecule is O=C(CC1CSCCN1)NCCCN1CCOCC1.